The van der Waals surface area contributed by atoms with Gasteiger partial charge in [-0.05, 0) is 58.0 Å². The van der Waals surface area contributed by atoms with Crippen molar-refractivity contribution in [2.24, 2.45) is 5.92 Å². The number of esters is 1. The zero-order valence-electron chi connectivity index (χ0n) is 24.5. The van der Waals surface area contributed by atoms with E-state index in [0.29, 0.717) is 31.9 Å². The summed E-state index contributed by atoms with van der Waals surface area (Å²) in [5.41, 5.74) is 0. The number of carbonyl (C=O) groups is 2. The Kier molecular flexibility index (Phi) is 27.6. The molecule has 0 aromatic rings. The van der Waals surface area contributed by atoms with Gasteiger partial charge in [-0.1, -0.05) is 104 Å². The molecule has 1 unspecified atom stereocenters. The summed E-state index contributed by atoms with van der Waals surface area (Å²) in [6, 6.07) is 0. The van der Waals surface area contributed by atoms with Crippen LogP contribution in [-0.2, 0) is 14.3 Å². The number of unbranched alkanes of at least 4 members (excludes halogenated alkanes) is 14. The van der Waals surface area contributed by atoms with Crippen LogP contribution < -0.4 is 10.6 Å². The zero-order valence-corrected chi connectivity index (χ0v) is 24.5. The van der Waals surface area contributed by atoms with Gasteiger partial charge in [-0.2, -0.15) is 0 Å². The van der Waals surface area contributed by atoms with Gasteiger partial charge in [0.1, 0.15) is 0 Å². The van der Waals surface area contributed by atoms with Gasteiger partial charge in [-0.25, -0.2) is 0 Å². The smallest absolute Gasteiger partial charge is 0.305 e. The van der Waals surface area contributed by atoms with Crippen LogP contribution in [-0.4, -0.2) is 38.6 Å². The minimum atomic E-state index is -0.0461. The van der Waals surface area contributed by atoms with Crippen molar-refractivity contribution in [3.63, 3.8) is 0 Å². The fraction of sp³-hybridized carbons (Fsp3) is 0.935. The Hall–Kier alpha value is -1.10. The van der Waals surface area contributed by atoms with Crippen molar-refractivity contribution < 1.29 is 14.3 Å². The molecule has 0 aliphatic carbocycles. The summed E-state index contributed by atoms with van der Waals surface area (Å²) in [4.78, 5) is 24.2. The van der Waals surface area contributed by atoms with Gasteiger partial charge < -0.3 is 15.4 Å². The molecule has 0 aliphatic heterocycles. The Labute approximate surface area is 224 Å². The van der Waals surface area contributed by atoms with Crippen molar-refractivity contribution in [3.8, 4) is 0 Å². The van der Waals surface area contributed by atoms with Gasteiger partial charge in [0.25, 0.3) is 0 Å². The van der Waals surface area contributed by atoms with E-state index < -0.39 is 0 Å². The first-order chi connectivity index (χ1) is 17.6. The first kappa shape index (κ1) is 34.9. The molecule has 0 fully saturated rings. The maximum Gasteiger partial charge on any atom is 0.305 e. The molecule has 0 saturated heterocycles. The van der Waals surface area contributed by atoms with Crippen LogP contribution in [0.5, 0.6) is 0 Å². The number of rotatable bonds is 28. The number of ether oxygens (including phenoxy) is 1. The topological polar surface area (TPSA) is 67.4 Å². The molecule has 5 heteroatoms. The minimum Gasteiger partial charge on any atom is -0.465 e. The van der Waals surface area contributed by atoms with Gasteiger partial charge >= 0.3 is 5.97 Å². The summed E-state index contributed by atoms with van der Waals surface area (Å²) in [7, 11) is 1.99. The molecule has 214 valence electrons. The molecule has 0 aromatic carbocycles. The Balaban J connectivity index is 3.80. The van der Waals surface area contributed by atoms with Crippen molar-refractivity contribution in [1.82, 2.24) is 10.6 Å². The van der Waals surface area contributed by atoms with Gasteiger partial charge in [0, 0.05) is 19.4 Å². The van der Waals surface area contributed by atoms with Crippen LogP contribution in [0, 0.1) is 5.92 Å². The fourth-order valence-electron chi connectivity index (χ4n) is 4.67. The van der Waals surface area contributed by atoms with Gasteiger partial charge in [0.2, 0.25) is 5.91 Å². The Bertz CT molecular complexity index is 484. The molecule has 0 heterocycles. The summed E-state index contributed by atoms with van der Waals surface area (Å²) in [5, 5.41) is 6.19. The van der Waals surface area contributed by atoms with Crippen molar-refractivity contribution >= 4 is 11.9 Å². The summed E-state index contributed by atoms with van der Waals surface area (Å²) in [6.45, 7) is 6.91. The number of amides is 1. The average Bonchev–Trinajstić information content (AvgIpc) is 2.88. The molecule has 5 nitrogen and oxygen atoms in total. The third-order valence-electron chi connectivity index (χ3n) is 7.12. The van der Waals surface area contributed by atoms with Gasteiger partial charge in [0.15, 0.2) is 0 Å². The highest BCUT2D eigenvalue weighted by molar-refractivity contribution is 5.75. The number of hydrogen-bond donors (Lipinski definition) is 2. The predicted octanol–water partition coefficient (Wildman–Crippen LogP) is 8.10. The fourth-order valence-corrected chi connectivity index (χ4v) is 4.67. The highest BCUT2D eigenvalue weighted by atomic mass is 16.5. The normalized spacial score (nSPS) is 12.0. The second-order valence-electron chi connectivity index (χ2n) is 10.7. The lowest BCUT2D eigenvalue weighted by Gasteiger charge is -2.17. The van der Waals surface area contributed by atoms with Crippen molar-refractivity contribution in [3.05, 3.63) is 0 Å². The van der Waals surface area contributed by atoms with Crippen molar-refractivity contribution in [2.75, 3.05) is 26.7 Å². The molecule has 36 heavy (non-hydrogen) atoms. The first-order valence-electron chi connectivity index (χ1n) is 15.7. The van der Waals surface area contributed by atoms with Crippen LogP contribution in [0.3, 0.4) is 0 Å². The van der Waals surface area contributed by atoms with E-state index in [1.54, 1.807) is 0 Å². The molecular weight excluding hydrogens is 448 g/mol. The van der Waals surface area contributed by atoms with E-state index in [2.05, 4.69) is 24.5 Å². The number of carbonyl (C=O) groups excluding carboxylic acids is 2. The van der Waals surface area contributed by atoms with E-state index >= 15 is 0 Å². The molecule has 0 saturated carbocycles. The SMILES string of the molecule is CCCCCCCCC(CCCCCC)COC(=O)CCCCCNC(=O)CCCCCCCNC. The van der Waals surface area contributed by atoms with E-state index in [9.17, 15) is 9.59 Å². The summed E-state index contributed by atoms with van der Waals surface area (Å²) in [5.74, 6) is 0.649. The number of hydrogen-bond acceptors (Lipinski definition) is 4. The van der Waals surface area contributed by atoms with Crippen LogP contribution in [0.4, 0.5) is 0 Å². The van der Waals surface area contributed by atoms with Crippen LogP contribution in [0.15, 0.2) is 0 Å². The van der Waals surface area contributed by atoms with Crippen LogP contribution in [0.25, 0.3) is 0 Å². The molecule has 0 rings (SSSR count). The lowest BCUT2D eigenvalue weighted by atomic mass is 9.95. The van der Waals surface area contributed by atoms with Crippen molar-refractivity contribution in [1.29, 1.82) is 0 Å². The van der Waals surface area contributed by atoms with Gasteiger partial charge in [0.05, 0.1) is 6.61 Å². The van der Waals surface area contributed by atoms with E-state index in [1.165, 1.54) is 96.3 Å². The van der Waals surface area contributed by atoms with Gasteiger partial charge in [-0.15, -0.1) is 0 Å². The number of nitrogens with one attached hydrogen (secondary N) is 2. The van der Waals surface area contributed by atoms with E-state index in [0.717, 1.165) is 38.6 Å². The molecule has 0 aliphatic rings. The Morgan fingerprint density at radius 2 is 1.11 bits per heavy atom. The lowest BCUT2D eigenvalue weighted by Crippen LogP contribution is -2.24. The second-order valence-corrected chi connectivity index (χ2v) is 10.7. The summed E-state index contributed by atoms with van der Waals surface area (Å²) in [6.07, 6.45) is 25.1. The largest absolute Gasteiger partial charge is 0.465 e. The van der Waals surface area contributed by atoms with Crippen molar-refractivity contribution in [2.45, 2.75) is 155 Å². The Morgan fingerprint density at radius 1 is 0.611 bits per heavy atom. The van der Waals surface area contributed by atoms with Crippen LogP contribution in [0.2, 0.25) is 0 Å². The minimum absolute atomic E-state index is 0.0461. The van der Waals surface area contributed by atoms with Crippen LogP contribution >= 0.6 is 0 Å². The monoisotopic (exact) mass is 510 g/mol. The molecule has 1 atom stereocenters. The summed E-state index contributed by atoms with van der Waals surface area (Å²) < 4.78 is 5.68. The molecule has 1 amide bonds. The van der Waals surface area contributed by atoms with Gasteiger partial charge in [-0.3, -0.25) is 9.59 Å². The highest BCUT2D eigenvalue weighted by Crippen LogP contribution is 2.20. The maximum absolute atomic E-state index is 12.2. The van der Waals surface area contributed by atoms with E-state index in [-0.39, 0.29) is 11.9 Å². The molecule has 0 spiro atoms. The average molecular weight is 511 g/mol. The third-order valence-corrected chi connectivity index (χ3v) is 7.12. The molecule has 2 N–H and O–H groups in total. The third kappa shape index (κ3) is 26.0. The first-order valence-corrected chi connectivity index (χ1v) is 15.7. The Morgan fingerprint density at radius 3 is 1.78 bits per heavy atom. The quantitative estimate of drug-likeness (QED) is 0.0824. The maximum atomic E-state index is 12.2. The predicted molar refractivity (Wildman–Crippen MR) is 154 cm³/mol. The standard InChI is InChI=1S/C31H62N2O3/c1-4-6-8-10-12-17-23-29(22-16-9-7-5-2)28-36-31(35)25-19-15-21-27-33-30(34)24-18-13-11-14-20-26-32-3/h29,32H,4-28H2,1-3H3,(H,33,34). The second kappa shape index (κ2) is 28.5. The molecular formula is C31H62N2O3. The van der Waals surface area contributed by atoms with Crippen LogP contribution in [0.1, 0.15) is 155 Å². The lowest BCUT2D eigenvalue weighted by molar-refractivity contribution is -0.145. The molecule has 0 aromatic heterocycles. The highest BCUT2D eigenvalue weighted by Gasteiger charge is 2.12. The molecule has 0 bridgehead atoms. The zero-order chi connectivity index (χ0) is 26.5. The van der Waals surface area contributed by atoms with E-state index in [1.807, 2.05) is 7.05 Å². The molecule has 0 radical (unpaired) electrons. The van der Waals surface area contributed by atoms with E-state index in [4.69, 9.17) is 4.74 Å². The summed E-state index contributed by atoms with van der Waals surface area (Å²) >= 11 is 0.